The molecular formula is C16H23NO2. The van der Waals surface area contributed by atoms with Crippen LogP contribution in [-0.4, -0.2) is 35.1 Å². The first-order chi connectivity index (χ1) is 8.90. The number of carbonyl (C=O) groups excluding carboxylic acids is 1. The summed E-state index contributed by atoms with van der Waals surface area (Å²) in [5.41, 5.74) is 4.10. The first-order valence-electron chi connectivity index (χ1n) is 6.95. The Bertz CT molecular complexity index is 473. The van der Waals surface area contributed by atoms with Crippen LogP contribution in [0.4, 0.5) is 0 Å². The van der Waals surface area contributed by atoms with Crippen molar-refractivity contribution in [1.29, 1.82) is 0 Å². The average Bonchev–Trinajstić information content (AvgIpc) is 2.31. The lowest BCUT2D eigenvalue weighted by Crippen LogP contribution is -2.45. The summed E-state index contributed by atoms with van der Waals surface area (Å²) in [5.74, 6) is 0.262. The normalized spacial score (nSPS) is 23.5. The number of carbonyl (C=O) groups is 1. The number of hydrogen-bond acceptors (Lipinski definition) is 2. The first-order valence-corrected chi connectivity index (χ1v) is 6.95. The largest absolute Gasteiger partial charge is 0.393 e. The maximum atomic E-state index is 12.6. The summed E-state index contributed by atoms with van der Waals surface area (Å²) >= 11 is 0. The summed E-state index contributed by atoms with van der Waals surface area (Å²) < 4.78 is 0. The maximum absolute atomic E-state index is 12.6. The minimum Gasteiger partial charge on any atom is -0.393 e. The summed E-state index contributed by atoms with van der Waals surface area (Å²) in [7, 11) is 0. The number of aryl methyl sites for hydroxylation is 3. The molecule has 1 aromatic carbocycles. The van der Waals surface area contributed by atoms with Crippen LogP contribution in [0.25, 0.3) is 0 Å². The molecule has 2 rings (SSSR count). The smallest absolute Gasteiger partial charge is 0.254 e. The van der Waals surface area contributed by atoms with E-state index in [0.29, 0.717) is 19.5 Å². The highest BCUT2D eigenvalue weighted by molar-refractivity contribution is 5.97. The highest BCUT2D eigenvalue weighted by Crippen LogP contribution is 2.22. The fraction of sp³-hybridized carbons (Fsp3) is 0.562. The van der Waals surface area contributed by atoms with Gasteiger partial charge in [0.05, 0.1) is 6.10 Å². The van der Waals surface area contributed by atoms with Crippen molar-refractivity contribution >= 4 is 5.91 Å². The summed E-state index contributed by atoms with van der Waals surface area (Å²) in [6.45, 7) is 9.33. The Balaban J connectivity index is 2.25. The van der Waals surface area contributed by atoms with Gasteiger partial charge >= 0.3 is 0 Å². The van der Waals surface area contributed by atoms with Gasteiger partial charge in [-0.3, -0.25) is 4.79 Å². The van der Waals surface area contributed by atoms with Crippen LogP contribution < -0.4 is 0 Å². The van der Waals surface area contributed by atoms with Crippen molar-refractivity contribution in [2.75, 3.05) is 13.1 Å². The van der Waals surface area contributed by atoms with Gasteiger partial charge < -0.3 is 10.0 Å². The standard InChI is InChI=1S/C16H23NO2/c1-10-7-11(2)15(12(3)8-10)16(19)17-6-5-14(18)13(4)9-17/h7-8,13-14,18H,5-6,9H2,1-4H3. The van der Waals surface area contributed by atoms with Gasteiger partial charge in [0.15, 0.2) is 0 Å². The third-order valence-corrected chi connectivity index (χ3v) is 4.04. The molecule has 1 heterocycles. The lowest BCUT2D eigenvalue weighted by molar-refractivity contribution is 0.0297. The van der Waals surface area contributed by atoms with E-state index >= 15 is 0 Å². The van der Waals surface area contributed by atoms with Gasteiger partial charge in [0.2, 0.25) is 0 Å². The topological polar surface area (TPSA) is 40.5 Å². The zero-order valence-corrected chi connectivity index (χ0v) is 12.2. The first kappa shape index (κ1) is 14.1. The van der Waals surface area contributed by atoms with Crippen LogP contribution in [0.15, 0.2) is 12.1 Å². The van der Waals surface area contributed by atoms with Crippen molar-refractivity contribution < 1.29 is 9.90 Å². The number of likely N-dealkylation sites (tertiary alicyclic amines) is 1. The van der Waals surface area contributed by atoms with Crippen molar-refractivity contribution in [2.45, 2.75) is 40.2 Å². The molecular weight excluding hydrogens is 238 g/mol. The number of aliphatic hydroxyl groups is 1. The predicted octanol–water partition coefficient (Wildman–Crippen LogP) is 2.45. The number of hydrogen-bond donors (Lipinski definition) is 1. The van der Waals surface area contributed by atoms with E-state index in [0.717, 1.165) is 16.7 Å². The van der Waals surface area contributed by atoms with Crippen molar-refractivity contribution in [2.24, 2.45) is 5.92 Å². The SMILES string of the molecule is Cc1cc(C)c(C(=O)N2CCC(O)C(C)C2)c(C)c1. The molecule has 1 N–H and O–H groups in total. The number of rotatable bonds is 1. The second-order valence-electron chi connectivity index (χ2n) is 5.86. The minimum atomic E-state index is -0.274. The quantitative estimate of drug-likeness (QED) is 0.843. The third-order valence-electron chi connectivity index (χ3n) is 4.04. The molecule has 1 amide bonds. The molecule has 19 heavy (non-hydrogen) atoms. The van der Waals surface area contributed by atoms with Gasteiger partial charge in [-0.05, 0) is 44.2 Å². The number of aliphatic hydroxyl groups excluding tert-OH is 1. The van der Waals surface area contributed by atoms with E-state index in [-0.39, 0.29) is 17.9 Å². The average molecular weight is 261 g/mol. The molecule has 0 radical (unpaired) electrons. The van der Waals surface area contributed by atoms with Crippen LogP contribution in [0.2, 0.25) is 0 Å². The zero-order valence-electron chi connectivity index (χ0n) is 12.2. The molecule has 3 heteroatoms. The Morgan fingerprint density at radius 1 is 1.26 bits per heavy atom. The summed E-state index contributed by atoms with van der Waals surface area (Å²) in [6.07, 6.45) is 0.404. The monoisotopic (exact) mass is 261 g/mol. The van der Waals surface area contributed by atoms with Gasteiger partial charge in [-0.1, -0.05) is 24.6 Å². The second kappa shape index (κ2) is 5.33. The van der Waals surface area contributed by atoms with Crippen LogP contribution in [-0.2, 0) is 0 Å². The van der Waals surface area contributed by atoms with Crippen LogP contribution in [0, 0.1) is 26.7 Å². The fourth-order valence-corrected chi connectivity index (χ4v) is 2.99. The van der Waals surface area contributed by atoms with Gasteiger partial charge in [0.1, 0.15) is 0 Å². The molecule has 104 valence electrons. The Kier molecular flexibility index (Phi) is 3.95. The van der Waals surface area contributed by atoms with E-state index < -0.39 is 0 Å². The van der Waals surface area contributed by atoms with Gasteiger partial charge in [-0.2, -0.15) is 0 Å². The molecule has 1 fully saturated rings. The van der Waals surface area contributed by atoms with Crippen LogP contribution in [0.3, 0.4) is 0 Å². The second-order valence-corrected chi connectivity index (χ2v) is 5.86. The third kappa shape index (κ3) is 2.81. The van der Waals surface area contributed by atoms with E-state index in [1.807, 2.05) is 32.6 Å². The minimum absolute atomic E-state index is 0.105. The molecule has 1 aliphatic rings. The zero-order chi connectivity index (χ0) is 14.2. The van der Waals surface area contributed by atoms with Crippen molar-refractivity contribution in [3.63, 3.8) is 0 Å². The molecule has 1 saturated heterocycles. The van der Waals surface area contributed by atoms with Gasteiger partial charge in [-0.15, -0.1) is 0 Å². The highest BCUT2D eigenvalue weighted by Gasteiger charge is 2.28. The van der Waals surface area contributed by atoms with Gasteiger partial charge in [0, 0.05) is 18.7 Å². The summed E-state index contributed by atoms with van der Waals surface area (Å²) in [6, 6.07) is 4.12. The van der Waals surface area contributed by atoms with E-state index in [1.54, 1.807) is 0 Å². The van der Waals surface area contributed by atoms with Crippen molar-refractivity contribution in [1.82, 2.24) is 4.90 Å². The van der Waals surface area contributed by atoms with Gasteiger partial charge in [0.25, 0.3) is 5.91 Å². The van der Waals surface area contributed by atoms with E-state index in [1.165, 1.54) is 5.56 Å². The Hall–Kier alpha value is -1.35. The Labute approximate surface area is 115 Å². The summed E-state index contributed by atoms with van der Waals surface area (Å²) in [4.78, 5) is 14.5. The van der Waals surface area contributed by atoms with Crippen LogP contribution >= 0.6 is 0 Å². The summed E-state index contributed by atoms with van der Waals surface area (Å²) in [5, 5.41) is 9.76. The van der Waals surface area contributed by atoms with Crippen LogP contribution in [0.1, 0.15) is 40.4 Å². The molecule has 0 aliphatic carbocycles. The molecule has 2 unspecified atom stereocenters. The fourth-order valence-electron chi connectivity index (χ4n) is 2.99. The van der Waals surface area contributed by atoms with E-state index in [9.17, 15) is 9.90 Å². The lowest BCUT2D eigenvalue weighted by atomic mass is 9.94. The van der Waals surface area contributed by atoms with Crippen molar-refractivity contribution in [3.05, 3.63) is 34.4 Å². The molecule has 2 atom stereocenters. The number of piperidine rings is 1. The molecule has 0 saturated carbocycles. The maximum Gasteiger partial charge on any atom is 0.254 e. The van der Waals surface area contributed by atoms with Crippen molar-refractivity contribution in [3.8, 4) is 0 Å². The number of nitrogens with zero attached hydrogens (tertiary/aromatic N) is 1. The lowest BCUT2D eigenvalue weighted by Gasteiger charge is -2.35. The van der Waals surface area contributed by atoms with Gasteiger partial charge in [-0.25, -0.2) is 0 Å². The Morgan fingerprint density at radius 3 is 2.37 bits per heavy atom. The van der Waals surface area contributed by atoms with Crippen LogP contribution in [0.5, 0.6) is 0 Å². The van der Waals surface area contributed by atoms with E-state index in [4.69, 9.17) is 0 Å². The van der Waals surface area contributed by atoms with E-state index in [2.05, 4.69) is 12.1 Å². The molecule has 0 spiro atoms. The molecule has 1 aromatic rings. The number of amides is 1. The Morgan fingerprint density at radius 2 is 1.84 bits per heavy atom. The molecule has 0 bridgehead atoms. The molecule has 0 aromatic heterocycles. The number of benzene rings is 1. The molecule has 3 nitrogen and oxygen atoms in total. The molecule has 1 aliphatic heterocycles. The predicted molar refractivity (Wildman–Crippen MR) is 76.3 cm³/mol. The highest BCUT2D eigenvalue weighted by atomic mass is 16.3.